The number of nitrogens with one attached hydrogen (secondary N) is 2. The maximum absolute atomic E-state index is 12.9. The Morgan fingerprint density at radius 2 is 1.94 bits per heavy atom. The minimum Gasteiger partial charge on any atom is -0.496 e. The van der Waals surface area contributed by atoms with E-state index in [-0.39, 0.29) is 18.0 Å². The van der Waals surface area contributed by atoms with E-state index in [2.05, 4.69) is 21.6 Å². The van der Waals surface area contributed by atoms with Gasteiger partial charge in [0.1, 0.15) is 5.75 Å². The largest absolute Gasteiger partial charge is 0.496 e. The van der Waals surface area contributed by atoms with Crippen molar-refractivity contribution in [1.29, 1.82) is 0 Å². The number of carbonyl (C=O) groups excluding carboxylic acids is 2. The van der Waals surface area contributed by atoms with Crippen molar-refractivity contribution in [3.8, 4) is 5.75 Å². The lowest BCUT2D eigenvalue weighted by atomic mass is 10.0. The summed E-state index contributed by atoms with van der Waals surface area (Å²) in [5.74, 6) is 0.734. The molecule has 2 aromatic carbocycles. The molecular formula is C24H30N4O3. The van der Waals surface area contributed by atoms with Crippen molar-refractivity contribution >= 4 is 17.6 Å². The molecule has 2 aliphatic heterocycles. The first kappa shape index (κ1) is 21.2. The van der Waals surface area contributed by atoms with Crippen LogP contribution in [0.2, 0.25) is 0 Å². The van der Waals surface area contributed by atoms with Crippen LogP contribution in [-0.2, 0) is 0 Å². The third kappa shape index (κ3) is 4.51. The molecule has 7 nitrogen and oxygen atoms in total. The average molecular weight is 423 g/mol. The molecule has 1 atom stereocenters. The van der Waals surface area contributed by atoms with Crippen molar-refractivity contribution in [1.82, 2.24) is 15.5 Å². The molecule has 0 saturated carbocycles. The van der Waals surface area contributed by atoms with Crippen molar-refractivity contribution in [2.45, 2.75) is 25.8 Å². The molecule has 0 bridgehead atoms. The van der Waals surface area contributed by atoms with Gasteiger partial charge in [0.25, 0.3) is 5.91 Å². The zero-order chi connectivity index (χ0) is 21.8. The van der Waals surface area contributed by atoms with E-state index in [0.717, 1.165) is 35.7 Å². The lowest BCUT2D eigenvalue weighted by Gasteiger charge is -2.29. The lowest BCUT2D eigenvalue weighted by molar-refractivity contribution is 0.0937. The van der Waals surface area contributed by atoms with Crippen molar-refractivity contribution < 1.29 is 14.3 Å². The van der Waals surface area contributed by atoms with Gasteiger partial charge in [-0.1, -0.05) is 18.2 Å². The number of aryl methyl sites for hydroxylation is 1. The Kier molecular flexibility index (Phi) is 6.42. The first-order valence-electron chi connectivity index (χ1n) is 10.9. The van der Waals surface area contributed by atoms with Crippen LogP contribution in [0.15, 0.2) is 42.5 Å². The molecule has 7 heteroatoms. The van der Waals surface area contributed by atoms with Crippen LogP contribution in [0.4, 0.5) is 10.5 Å². The third-order valence-electron chi connectivity index (χ3n) is 6.14. The van der Waals surface area contributed by atoms with Gasteiger partial charge in [0.15, 0.2) is 0 Å². The molecule has 0 radical (unpaired) electrons. The predicted octanol–water partition coefficient (Wildman–Crippen LogP) is 3.10. The van der Waals surface area contributed by atoms with E-state index in [1.54, 1.807) is 18.1 Å². The van der Waals surface area contributed by atoms with Gasteiger partial charge in [0, 0.05) is 36.4 Å². The smallest absolute Gasteiger partial charge is 0.322 e. The SMILES string of the molecule is COc1ccccc1[C@H](CNC(=O)c1ccc(N2CCNC2=O)c(C)c1)N1CCCC1. The number of hydrogen-bond acceptors (Lipinski definition) is 4. The van der Waals surface area contributed by atoms with Crippen molar-refractivity contribution in [3.63, 3.8) is 0 Å². The maximum Gasteiger partial charge on any atom is 0.322 e. The van der Waals surface area contributed by atoms with Crippen LogP contribution >= 0.6 is 0 Å². The molecule has 0 unspecified atom stereocenters. The maximum atomic E-state index is 12.9. The number of nitrogens with zero attached hydrogens (tertiary/aromatic N) is 2. The minimum atomic E-state index is -0.111. The van der Waals surface area contributed by atoms with Crippen LogP contribution in [0.3, 0.4) is 0 Å². The highest BCUT2D eigenvalue weighted by Crippen LogP contribution is 2.31. The fraction of sp³-hybridized carbons (Fsp3) is 0.417. The van der Waals surface area contributed by atoms with Gasteiger partial charge in [0.2, 0.25) is 0 Å². The van der Waals surface area contributed by atoms with Crippen molar-refractivity contribution in [2.24, 2.45) is 0 Å². The number of benzene rings is 2. The fourth-order valence-corrected chi connectivity index (χ4v) is 4.52. The predicted molar refractivity (Wildman–Crippen MR) is 121 cm³/mol. The first-order valence-corrected chi connectivity index (χ1v) is 10.9. The van der Waals surface area contributed by atoms with E-state index in [1.807, 2.05) is 37.3 Å². The Morgan fingerprint density at radius 3 is 2.61 bits per heavy atom. The molecule has 2 N–H and O–H groups in total. The Labute approximate surface area is 183 Å². The summed E-state index contributed by atoms with van der Waals surface area (Å²) in [5.41, 5.74) is 3.45. The number of rotatable bonds is 7. The second-order valence-electron chi connectivity index (χ2n) is 8.10. The highest BCUT2D eigenvalue weighted by Gasteiger charge is 2.27. The second-order valence-corrected chi connectivity index (χ2v) is 8.10. The number of anilines is 1. The molecule has 4 rings (SSSR count). The summed E-state index contributed by atoms with van der Waals surface area (Å²) in [7, 11) is 1.68. The Morgan fingerprint density at radius 1 is 1.16 bits per heavy atom. The molecular weight excluding hydrogens is 392 g/mol. The molecule has 31 heavy (non-hydrogen) atoms. The van der Waals surface area contributed by atoms with E-state index < -0.39 is 0 Å². The van der Waals surface area contributed by atoms with E-state index >= 15 is 0 Å². The van der Waals surface area contributed by atoms with Gasteiger partial charge in [-0.2, -0.15) is 0 Å². The summed E-state index contributed by atoms with van der Waals surface area (Å²) in [5, 5.41) is 5.93. The van der Waals surface area contributed by atoms with E-state index in [0.29, 0.717) is 25.2 Å². The standard InChI is InChI=1S/C24H30N4O3/c1-17-15-18(9-10-20(17)28-14-11-25-24(28)30)23(29)26-16-21(27-12-5-6-13-27)19-7-3-4-8-22(19)31-2/h3-4,7-10,15,21H,5-6,11-14,16H2,1-2H3,(H,25,30)(H,26,29)/t21-/m0/s1. The highest BCUT2D eigenvalue weighted by atomic mass is 16.5. The van der Waals surface area contributed by atoms with Crippen LogP contribution in [0.25, 0.3) is 0 Å². The molecule has 164 valence electrons. The molecule has 2 aromatic rings. The average Bonchev–Trinajstić information content (AvgIpc) is 3.46. The van der Waals surface area contributed by atoms with Crippen LogP contribution in [-0.4, -0.2) is 56.7 Å². The number of hydrogen-bond donors (Lipinski definition) is 2. The van der Waals surface area contributed by atoms with Gasteiger partial charge in [-0.15, -0.1) is 0 Å². The van der Waals surface area contributed by atoms with Crippen LogP contribution < -0.4 is 20.3 Å². The van der Waals surface area contributed by atoms with Crippen LogP contribution in [0, 0.1) is 6.92 Å². The first-order chi connectivity index (χ1) is 15.1. The fourth-order valence-electron chi connectivity index (χ4n) is 4.52. The summed E-state index contributed by atoms with van der Waals surface area (Å²) in [6.45, 7) is 5.76. The molecule has 0 aromatic heterocycles. The summed E-state index contributed by atoms with van der Waals surface area (Å²) in [6.07, 6.45) is 2.34. The van der Waals surface area contributed by atoms with Gasteiger partial charge < -0.3 is 15.4 Å². The molecule has 0 spiro atoms. The van der Waals surface area contributed by atoms with Gasteiger partial charge in [-0.3, -0.25) is 14.6 Å². The number of likely N-dealkylation sites (tertiary alicyclic amines) is 1. The Bertz CT molecular complexity index is 956. The van der Waals surface area contributed by atoms with E-state index in [4.69, 9.17) is 4.74 Å². The topological polar surface area (TPSA) is 73.9 Å². The monoisotopic (exact) mass is 422 g/mol. The molecule has 2 fully saturated rings. The number of methoxy groups -OCH3 is 1. The summed E-state index contributed by atoms with van der Waals surface area (Å²) < 4.78 is 5.59. The number of amides is 3. The molecule has 2 saturated heterocycles. The van der Waals surface area contributed by atoms with E-state index in [1.165, 1.54) is 12.8 Å². The summed E-state index contributed by atoms with van der Waals surface area (Å²) >= 11 is 0. The number of ether oxygens (including phenoxy) is 1. The van der Waals surface area contributed by atoms with Crippen LogP contribution in [0.5, 0.6) is 5.75 Å². The lowest BCUT2D eigenvalue weighted by Crippen LogP contribution is -2.37. The van der Waals surface area contributed by atoms with Gasteiger partial charge in [-0.05, 0) is 62.7 Å². The van der Waals surface area contributed by atoms with Crippen LogP contribution in [0.1, 0.15) is 40.4 Å². The minimum absolute atomic E-state index is 0.0660. The van der Waals surface area contributed by atoms with Gasteiger partial charge >= 0.3 is 6.03 Å². The highest BCUT2D eigenvalue weighted by molar-refractivity contribution is 5.97. The third-order valence-corrected chi connectivity index (χ3v) is 6.14. The quantitative estimate of drug-likeness (QED) is 0.719. The normalized spacial score (nSPS) is 17.5. The summed E-state index contributed by atoms with van der Waals surface area (Å²) in [4.78, 5) is 29.0. The summed E-state index contributed by atoms with van der Waals surface area (Å²) in [6, 6.07) is 13.5. The molecule has 3 amide bonds. The Balaban J connectivity index is 1.49. The van der Waals surface area contributed by atoms with Crippen molar-refractivity contribution in [3.05, 3.63) is 59.2 Å². The van der Waals surface area contributed by atoms with Crippen molar-refractivity contribution in [2.75, 3.05) is 44.7 Å². The number of para-hydroxylation sites is 1. The number of urea groups is 1. The molecule has 2 aliphatic rings. The zero-order valence-corrected chi connectivity index (χ0v) is 18.2. The zero-order valence-electron chi connectivity index (χ0n) is 18.2. The second kappa shape index (κ2) is 9.39. The Hall–Kier alpha value is -3.06. The van der Waals surface area contributed by atoms with E-state index in [9.17, 15) is 9.59 Å². The van der Waals surface area contributed by atoms with Gasteiger partial charge in [0.05, 0.1) is 13.2 Å². The van der Waals surface area contributed by atoms with Gasteiger partial charge in [-0.25, -0.2) is 4.79 Å². The number of carbonyl (C=O) groups is 2. The molecule has 0 aliphatic carbocycles. The molecule has 2 heterocycles.